The highest BCUT2D eigenvalue weighted by Gasteiger charge is 2.12. The van der Waals surface area contributed by atoms with Crippen LogP contribution in [0.3, 0.4) is 0 Å². The van der Waals surface area contributed by atoms with Crippen molar-refractivity contribution in [1.82, 2.24) is 15.2 Å². The van der Waals surface area contributed by atoms with Gasteiger partial charge in [0.1, 0.15) is 5.01 Å². The van der Waals surface area contributed by atoms with Crippen LogP contribution in [0.2, 0.25) is 0 Å². The van der Waals surface area contributed by atoms with Gasteiger partial charge < -0.3 is 5.32 Å². The van der Waals surface area contributed by atoms with Crippen LogP contribution in [0, 0.1) is 0 Å². The fourth-order valence-electron chi connectivity index (χ4n) is 2.00. The van der Waals surface area contributed by atoms with Gasteiger partial charge in [0.2, 0.25) is 0 Å². The SMILES string of the molecule is Cl.c1cc(-c2nc(CN3CCNCC3)cs2)cs1. The molecule has 0 spiro atoms. The van der Waals surface area contributed by atoms with Crippen molar-refractivity contribution in [1.29, 1.82) is 0 Å². The molecule has 2 aromatic heterocycles. The molecule has 2 aromatic rings. The molecular formula is C12H16ClN3S2. The molecule has 1 aliphatic rings. The third kappa shape index (κ3) is 3.30. The Morgan fingerprint density at radius 1 is 1.28 bits per heavy atom. The van der Waals surface area contributed by atoms with Gasteiger partial charge in [-0.1, -0.05) is 0 Å². The zero-order valence-electron chi connectivity index (χ0n) is 9.96. The lowest BCUT2D eigenvalue weighted by Gasteiger charge is -2.26. The highest BCUT2D eigenvalue weighted by molar-refractivity contribution is 7.14. The van der Waals surface area contributed by atoms with Gasteiger partial charge in [0.15, 0.2) is 0 Å². The molecule has 1 aliphatic heterocycles. The normalized spacial score (nSPS) is 16.4. The van der Waals surface area contributed by atoms with Crippen LogP contribution in [0.25, 0.3) is 10.6 Å². The first kappa shape index (κ1) is 14.0. The lowest BCUT2D eigenvalue weighted by Crippen LogP contribution is -2.42. The zero-order chi connectivity index (χ0) is 11.5. The Hall–Kier alpha value is -0.460. The number of aromatic nitrogens is 1. The molecular weight excluding hydrogens is 286 g/mol. The number of piperazine rings is 1. The number of thiazole rings is 1. The minimum atomic E-state index is 0. The Morgan fingerprint density at radius 3 is 2.83 bits per heavy atom. The van der Waals surface area contributed by atoms with Crippen LogP contribution in [-0.2, 0) is 6.54 Å². The Labute approximate surface area is 121 Å². The molecule has 1 N–H and O–H groups in total. The van der Waals surface area contributed by atoms with Gasteiger partial charge in [0.05, 0.1) is 5.69 Å². The van der Waals surface area contributed by atoms with Crippen LogP contribution in [-0.4, -0.2) is 36.1 Å². The summed E-state index contributed by atoms with van der Waals surface area (Å²) in [6.07, 6.45) is 0. The smallest absolute Gasteiger partial charge is 0.124 e. The number of nitrogens with zero attached hydrogens (tertiary/aromatic N) is 2. The summed E-state index contributed by atoms with van der Waals surface area (Å²) in [4.78, 5) is 7.17. The molecule has 0 bridgehead atoms. The fourth-order valence-corrected chi connectivity index (χ4v) is 3.52. The number of thiophene rings is 1. The van der Waals surface area contributed by atoms with Gasteiger partial charge in [-0.25, -0.2) is 4.98 Å². The van der Waals surface area contributed by atoms with Crippen molar-refractivity contribution in [3.63, 3.8) is 0 Å². The summed E-state index contributed by atoms with van der Waals surface area (Å²) in [7, 11) is 0. The van der Waals surface area contributed by atoms with E-state index in [9.17, 15) is 0 Å². The van der Waals surface area contributed by atoms with E-state index in [1.54, 1.807) is 22.7 Å². The number of rotatable bonds is 3. The second kappa shape index (κ2) is 6.63. The monoisotopic (exact) mass is 301 g/mol. The Balaban J connectivity index is 0.00000120. The van der Waals surface area contributed by atoms with E-state index in [0.717, 1.165) is 37.7 Å². The summed E-state index contributed by atoms with van der Waals surface area (Å²) in [5.41, 5.74) is 2.46. The van der Waals surface area contributed by atoms with Gasteiger partial charge in [0.25, 0.3) is 0 Å². The molecule has 3 rings (SSSR count). The third-order valence-electron chi connectivity index (χ3n) is 2.92. The van der Waals surface area contributed by atoms with Crippen molar-refractivity contribution >= 4 is 35.1 Å². The van der Waals surface area contributed by atoms with Crippen LogP contribution < -0.4 is 5.32 Å². The van der Waals surface area contributed by atoms with Crippen molar-refractivity contribution in [2.45, 2.75) is 6.54 Å². The van der Waals surface area contributed by atoms with Crippen LogP contribution in [0.15, 0.2) is 22.2 Å². The maximum Gasteiger partial charge on any atom is 0.124 e. The summed E-state index contributed by atoms with van der Waals surface area (Å²) < 4.78 is 0. The van der Waals surface area contributed by atoms with Crippen molar-refractivity contribution in [2.24, 2.45) is 0 Å². The van der Waals surface area contributed by atoms with Crippen LogP contribution in [0.1, 0.15) is 5.69 Å². The van der Waals surface area contributed by atoms with E-state index in [0.29, 0.717) is 0 Å². The third-order valence-corrected chi connectivity index (χ3v) is 4.54. The van der Waals surface area contributed by atoms with E-state index in [2.05, 4.69) is 32.4 Å². The lowest BCUT2D eigenvalue weighted by molar-refractivity contribution is 0.231. The molecule has 3 heterocycles. The van der Waals surface area contributed by atoms with Gasteiger partial charge in [-0.2, -0.15) is 11.3 Å². The number of hydrogen-bond donors (Lipinski definition) is 1. The summed E-state index contributed by atoms with van der Waals surface area (Å²) in [5.74, 6) is 0. The zero-order valence-corrected chi connectivity index (χ0v) is 12.4. The van der Waals surface area contributed by atoms with Crippen molar-refractivity contribution in [3.05, 3.63) is 27.9 Å². The van der Waals surface area contributed by atoms with E-state index in [1.807, 2.05) is 0 Å². The van der Waals surface area contributed by atoms with E-state index < -0.39 is 0 Å². The predicted molar refractivity (Wildman–Crippen MR) is 80.8 cm³/mol. The maximum absolute atomic E-state index is 4.71. The number of nitrogens with one attached hydrogen (secondary N) is 1. The Morgan fingerprint density at radius 2 is 2.11 bits per heavy atom. The first-order chi connectivity index (χ1) is 8.42. The number of hydrogen-bond acceptors (Lipinski definition) is 5. The van der Waals surface area contributed by atoms with Crippen molar-refractivity contribution in [2.75, 3.05) is 26.2 Å². The highest BCUT2D eigenvalue weighted by atomic mass is 35.5. The van der Waals surface area contributed by atoms with Crippen LogP contribution >= 0.6 is 35.1 Å². The summed E-state index contributed by atoms with van der Waals surface area (Å²) in [6.45, 7) is 5.45. The Bertz CT molecular complexity index is 463. The Kier molecular flexibility index (Phi) is 5.14. The van der Waals surface area contributed by atoms with Gasteiger partial charge in [0, 0.05) is 49.0 Å². The van der Waals surface area contributed by atoms with E-state index in [-0.39, 0.29) is 12.4 Å². The van der Waals surface area contributed by atoms with Gasteiger partial charge >= 0.3 is 0 Å². The summed E-state index contributed by atoms with van der Waals surface area (Å²) in [5, 5.41) is 11.0. The molecule has 1 saturated heterocycles. The van der Waals surface area contributed by atoms with Crippen LogP contribution in [0.4, 0.5) is 0 Å². The second-order valence-corrected chi connectivity index (χ2v) is 5.82. The quantitative estimate of drug-likeness (QED) is 0.945. The highest BCUT2D eigenvalue weighted by Crippen LogP contribution is 2.26. The lowest BCUT2D eigenvalue weighted by atomic mass is 10.3. The molecule has 18 heavy (non-hydrogen) atoms. The fraction of sp³-hybridized carbons (Fsp3) is 0.417. The maximum atomic E-state index is 4.71. The first-order valence-corrected chi connectivity index (χ1v) is 7.64. The van der Waals surface area contributed by atoms with Gasteiger partial charge in [-0.3, -0.25) is 4.90 Å². The number of halogens is 1. The largest absolute Gasteiger partial charge is 0.314 e. The first-order valence-electron chi connectivity index (χ1n) is 5.82. The molecule has 0 saturated carbocycles. The topological polar surface area (TPSA) is 28.2 Å². The molecule has 0 radical (unpaired) electrons. The van der Waals surface area contributed by atoms with Gasteiger partial charge in [-0.05, 0) is 11.4 Å². The summed E-state index contributed by atoms with van der Waals surface area (Å²) >= 11 is 3.48. The molecule has 0 aliphatic carbocycles. The minimum absolute atomic E-state index is 0. The van der Waals surface area contributed by atoms with Crippen molar-refractivity contribution in [3.8, 4) is 10.6 Å². The molecule has 98 valence electrons. The average molecular weight is 302 g/mol. The molecule has 0 amide bonds. The molecule has 0 unspecified atom stereocenters. The standard InChI is InChI=1S/C12H15N3S2.ClH/c1-6-16-8-10(1)12-14-11(9-17-12)7-15-4-2-13-3-5-15;/h1,6,8-9,13H,2-5,7H2;1H. The van der Waals surface area contributed by atoms with E-state index >= 15 is 0 Å². The second-order valence-electron chi connectivity index (χ2n) is 4.18. The van der Waals surface area contributed by atoms with E-state index in [4.69, 9.17) is 4.98 Å². The van der Waals surface area contributed by atoms with Crippen molar-refractivity contribution < 1.29 is 0 Å². The molecule has 0 atom stereocenters. The average Bonchev–Trinajstić information content (AvgIpc) is 3.00. The molecule has 3 nitrogen and oxygen atoms in total. The van der Waals surface area contributed by atoms with Gasteiger partial charge in [-0.15, -0.1) is 23.7 Å². The summed E-state index contributed by atoms with van der Waals surface area (Å²) in [6, 6.07) is 2.14. The molecule has 1 fully saturated rings. The molecule has 0 aromatic carbocycles. The minimum Gasteiger partial charge on any atom is -0.314 e. The van der Waals surface area contributed by atoms with E-state index in [1.165, 1.54) is 11.3 Å². The molecule has 6 heteroatoms. The predicted octanol–water partition coefficient (Wildman–Crippen LogP) is 2.70. The van der Waals surface area contributed by atoms with Crippen LogP contribution in [0.5, 0.6) is 0 Å².